The number of rotatable bonds is 1. The Bertz CT molecular complexity index is 282. The second-order valence-electron chi connectivity index (χ2n) is 4.88. The van der Waals surface area contributed by atoms with Crippen LogP contribution in [-0.4, -0.2) is 37.0 Å². The van der Waals surface area contributed by atoms with Crippen molar-refractivity contribution in [2.24, 2.45) is 5.41 Å². The summed E-state index contributed by atoms with van der Waals surface area (Å²) < 4.78 is 0. The fourth-order valence-corrected chi connectivity index (χ4v) is 2.55. The summed E-state index contributed by atoms with van der Waals surface area (Å²) in [7, 11) is 0. The minimum Gasteiger partial charge on any atom is -0.338 e. The van der Waals surface area contributed by atoms with E-state index in [1.54, 1.807) is 0 Å². The molecule has 2 aliphatic rings. The fraction of sp³-hybridized carbons (Fsp3) is 0.750. The second kappa shape index (κ2) is 3.97. The van der Waals surface area contributed by atoms with Gasteiger partial charge in [0.25, 0.3) is 0 Å². The highest BCUT2D eigenvalue weighted by molar-refractivity contribution is 5.93. The number of amides is 1. The molecule has 2 heterocycles. The SMILES string of the molecule is C/C=C(\C)C(=O)N1CC2(CCNCC2)C1. The molecule has 0 atom stereocenters. The van der Waals surface area contributed by atoms with E-state index in [4.69, 9.17) is 0 Å². The number of likely N-dealkylation sites (tertiary alicyclic amines) is 1. The van der Waals surface area contributed by atoms with Gasteiger partial charge in [0, 0.05) is 24.1 Å². The Morgan fingerprint density at radius 3 is 2.47 bits per heavy atom. The third kappa shape index (κ3) is 1.93. The lowest BCUT2D eigenvalue weighted by molar-refractivity contribution is -0.140. The highest BCUT2D eigenvalue weighted by Crippen LogP contribution is 2.39. The van der Waals surface area contributed by atoms with Crippen molar-refractivity contribution in [1.29, 1.82) is 0 Å². The lowest BCUT2D eigenvalue weighted by Crippen LogP contribution is -2.61. The average Bonchev–Trinajstić information content (AvgIpc) is 2.25. The van der Waals surface area contributed by atoms with Crippen LogP contribution in [0, 0.1) is 5.41 Å². The normalized spacial score (nSPS) is 25.2. The van der Waals surface area contributed by atoms with Gasteiger partial charge in [0.15, 0.2) is 0 Å². The summed E-state index contributed by atoms with van der Waals surface area (Å²) in [4.78, 5) is 13.8. The molecule has 2 saturated heterocycles. The van der Waals surface area contributed by atoms with Gasteiger partial charge in [0.05, 0.1) is 0 Å². The first-order valence-corrected chi connectivity index (χ1v) is 5.80. The second-order valence-corrected chi connectivity index (χ2v) is 4.88. The van der Waals surface area contributed by atoms with E-state index in [2.05, 4.69) is 5.32 Å². The van der Waals surface area contributed by atoms with Gasteiger partial charge in [-0.2, -0.15) is 0 Å². The van der Waals surface area contributed by atoms with E-state index in [0.717, 1.165) is 31.8 Å². The number of nitrogens with one attached hydrogen (secondary N) is 1. The number of hydrogen-bond acceptors (Lipinski definition) is 2. The molecular formula is C12H20N2O. The first-order chi connectivity index (χ1) is 7.17. The van der Waals surface area contributed by atoms with E-state index in [1.165, 1.54) is 12.8 Å². The molecule has 1 N–H and O–H groups in total. The summed E-state index contributed by atoms with van der Waals surface area (Å²) >= 11 is 0. The minimum absolute atomic E-state index is 0.224. The molecule has 2 fully saturated rings. The summed E-state index contributed by atoms with van der Waals surface area (Å²) in [6.45, 7) is 8.00. The zero-order valence-electron chi connectivity index (χ0n) is 9.68. The number of hydrogen-bond donors (Lipinski definition) is 1. The smallest absolute Gasteiger partial charge is 0.249 e. The van der Waals surface area contributed by atoms with E-state index in [9.17, 15) is 4.79 Å². The molecule has 0 aromatic carbocycles. The molecular weight excluding hydrogens is 188 g/mol. The molecule has 0 saturated carbocycles. The Balaban J connectivity index is 1.89. The van der Waals surface area contributed by atoms with E-state index in [1.807, 2.05) is 24.8 Å². The molecule has 0 aliphatic carbocycles. The first kappa shape index (κ1) is 10.7. The van der Waals surface area contributed by atoms with Crippen molar-refractivity contribution in [2.75, 3.05) is 26.2 Å². The van der Waals surface area contributed by atoms with Crippen LogP contribution >= 0.6 is 0 Å². The molecule has 1 amide bonds. The van der Waals surface area contributed by atoms with E-state index in [-0.39, 0.29) is 5.91 Å². The molecule has 84 valence electrons. The van der Waals surface area contributed by atoms with Crippen molar-refractivity contribution >= 4 is 5.91 Å². The van der Waals surface area contributed by atoms with Crippen LogP contribution in [0.25, 0.3) is 0 Å². The molecule has 0 unspecified atom stereocenters. The van der Waals surface area contributed by atoms with Crippen LogP contribution in [0.1, 0.15) is 26.7 Å². The number of nitrogens with zero attached hydrogens (tertiary/aromatic N) is 1. The summed E-state index contributed by atoms with van der Waals surface area (Å²) in [6.07, 6.45) is 4.35. The van der Waals surface area contributed by atoms with E-state index >= 15 is 0 Å². The van der Waals surface area contributed by atoms with Crippen LogP contribution in [0.5, 0.6) is 0 Å². The summed E-state index contributed by atoms with van der Waals surface area (Å²) in [5.74, 6) is 0.224. The lowest BCUT2D eigenvalue weighted by atomic mass is 9.72. The van der Waals surface area contributed by atoms with Crippen LogP contribution < -0.4 is 5.32 Å². The third-order valence-electron chi connectivity index (χ3n) is 3.77. The number of piperidine rings is 1. The van der Waals surface area contributed by atoms with Crippen LogP contribution in [0.2, 0.25) is 0 Å². The number of carbonyl (C=O) groups is 1. The van der Waals surface area contributed by atoms with Gasteiger partial charge in [-0.15, -0.1) is 0 Å². The summed E-state index contributed by atoms with van der Waals surface area (Å²) in [5.41, 5.74) is 1.33. The van der Waals surface area contributed by atoms with E-state index < -0.39 is 0 Å². The first-order valence-electron chi connectivity index (χ1n) is 5.80. The van der Waals surface area contributed by atoms with Gasteiger partial charge in [-0.05, 0) is 39.8 Å². The zero-order chi connectivity index (χ0) is 10.9. The van der Waals surface area contributed by atoms with Gasteiger partial charge in [-0.25, -0.2) is 0 Å². The quantitative estimate of drug-likeness (QED) is 0.656. The standard InChI is InChI=1S/C12H20N2O/c1-3-10(2)11(15)14-8-12(9-14)4-6-13-7-5-12/h3,13H,4-9H2,1-2H3/b10-3+. The molecule has 1 spiro atoms. The summed E-state index contributed by atoms with van der Waals surface area (Å²) in [6, 6.07) is 0. The third-order valence-corrected chi connectivity index (χ3v) is 3.77. The van der Waals surface area contributed by atoms with Crippen molar-refractivity contribution < 1.29 is 4.79 Å². The van der Waals surface area contributed by atoms with Gasteiger partial charge in [-0.3, -0.25) is 4.79 Å². The number of allylic oxidation sites excluding steroid dienone is 1. The van der Waals surface area contributed by atoms with Crippen LogP contribution in [0.15, 0.2) is 11.6 Å². The molecule has 0 bridgehead atoms. The maximum absolute atomic E-state index is 11.8. The van der Waals surface area contributed by atoms with Crippen LogP contribution in [0.4, 0.5) is 0 Å². The van der Waals surface area contributed by atoms with Gasteiger partial charge in [0.1, 0.15) is 0 Å². The zero-order valence-corrected chi connectivity index (χ0v) is 9.68. The van der Waals surface area contributed by atoms with Crippen molar-refractivity contribution in [3.63, 3.8) is 0 Å². The average molecular weight is 208 g/mol. The van der Waals surface area contributed by atoms with Crippen molar-refractivity contribution in [2.45, 2.75) is 26.7 Å². The van der Waals surface area contributed by atoms with E-state index in [0.29, 0.717) is 5.41 Å². The summed E-state index contributed by atoms with van der Waals surface area (Å²) in [5, 5.41) is 3.37. The topological polar surface area (TPSA) is 32.3 Å². The fourth-order valence-electron chi connectivity index (χ4n) is 2.55. The van der Waals surface area contributed by atoms with Gasteiger partial charge < -0.3 is 10.2 Å². The van der Waals surface area contributed by atoms with Crippen LogP contribution in [-0.2, 0) is 4.79 Å². The molecule has 0 aromatic heterocycles. The molecule has 3 nitrogen and oxygen atoms in total. The molecule has 0 aromatic rings. The predicted octanol–water partition coefficient (Wildman–Crippen LogP) is 1.16. The lowest BCUT2D eigenvalue weighted by Gasteiger charge is -2.52. The van der Waals surface area contributed by atoms with Gasteiger partial charge in [0.2, 0.25) is 5.91 Å². The Morgan fingerprint density at radius 1 is 1.33 bits per heavy atom. The molecule has 2 aliphatic heterocycles. The number of carbonyl (C=O) groups excluding carboxylic acids is 1. The molecule has 15 heavy (non-hydrogen) atoms. The predicted molar refractivity (Wildman–Crippen MR) is 60.5 cm³/mol. The van der Waals surface area contributed by atoms with Crippen molar-refractivity contribution in [3.05, 3.63) is 11.6 Å². The monoisotopic (exact) mass is 208 g/mol. The Kier molecular flexibility index (Phi) is 2.83. The van der Waals surface area contributed by atoms with Crippen molar-refractivity contribution in [3.8, 4) is 0 Å². The largest absolute Gasteiger partial charge is 0.338 e. The van der Waals surface area contributed by atoms with Gasteiger partial charge >= 0.3 is 0 Å². The molecule has 2 rings (SSSR count). The Morgan fingerprint density at radius 2 is 1.93 bits per heavy atom. The minimum atomic E-state index is 0.224. The Labute approximate surface area is 91.5 Å². The van der Waals surface area contributed by atoms with Crippen LogP contribution in [0.3, 0.4) is 0 Å². The molecule has 0 radical (unpaired) electrons. The maximum Gasteiger partial charge on any atom is 0.249 e. The molecule has 3 heteroatoms. The van der Waals surface area contributed by atoms with Gasteiger partial charge in [-0.1, -0.05) is 6.08 Å². The highest BCUT2D eigenvalue weighted by atomic mass is 16.2. The Hall–Kier alpha value is -0.830. The van der Waals surface area contributed by atoms with Crippen molar-refractivity contribution in [1.82, 2.24) is 10.2 Å². The highest BCUT2D eigenvalue weighted by Gasteiger charge is 2.45. The maximum atomic E-state index is 11.8.